The Balaban J connectivity index is 3.08. The molecular formula is C9H9ClO4. The predicted octanol–water partition coefficient (Wildman–Crippen LogP) is 1.41. The van der Waals surface area contributed by atoms with E-state index in [2.05, 4.69) is 0 Å². The summed E-state index contributed by atoms with van der Waals surface area (Å²) in [6.45, 7) is 1.61. The molecule has 0 fully saturated rings. The fraction of sp³-hybridized carbons (Fsp3) is 0.333. The normalized spacial score (nSPS) is 26.4. The lowest BCUT2D eigenvalue weighted by Gasteiger charge is -2.22. The molecule has 0 heterocycles. The molecule has 76 valence electrons. The lowest BCUT2D eigenvalue weighted by Crippen LogP contribution is -2.33. The number of hydrogen-bond acceptors (Lipinski definition) is 2. The lowest BCUT2D eigenvalue weighted by atomic mass is 9.90. The number of alkyl halides is 1. The van der Waals surface area contributed by atoms with Gasteiger partial charge in [0.05, 0.1) is 0 Å². The Morgan fingerprint density at radius 3 is 2.50 bits per heavy atom. The average Bonchev–Trinajstić information content (AvgIpc) is 2.02. The minimum atomic E-state index is -1.62. The first-order chi connectivity index (χ1) is 6.35. The summed E-state index contributed by atoms with van der Waals surface area (Å²) in [6.07, 6.45) is 2.58. The average molecular weight is 217 g/mol. The van der Waals surface area contributed by atoms with Crippen molar-refractivity contribution in [2.24, 2.45) is 0 Å². The van der Waals surface area contributed by atoms with E-state index in [9.17, 15) is 9.59 Å². The molecule has 0 saturated carbocycles. The van der Waals surface area contributed by atoms with Crippen LogP contribution in [-0.2, 0) is 9.59 Å². The van der Waals surface area contributed by atoms with Gasteiger partial charge in [0.1, 0.15) is 0 Å². The van der Waals surface area contributed by atoms with Gasteiger partial charge in [-0.25, -0.2) is 9.59 Å². The number of allylic oxidation sites excluding steroid dienone is 2. The maximum atomic E-state index is 10.8. The molecular weight excluding hydrogens is 208 g/mol. The molecule has 1 unspecified atom stereocenters. The summed E-state index contributed by atoms with van der Waals surface area (Å²) in [5, 5.41) is 17.5. The van der Waals surface area contributed by atoms with Gasteiger partial charge in [0.2, 0.25) is 0 Å². The van der Waals surface area contributed by atoms with E-state index in [0.717, 1.165) is 0 Å². The van der Waals surface area contributed by atoms with E-state index in [1.165, 1.54) is 12.2 Å². The Labute approximate surface area is 85.5 Å². The number of carboxylic acid groups (broad SMARTS) is 2. The summed E-state index contributed by atoms with van der Waals surface area (Å²) >= 11 is 5.76. The van der Waals surface area contributed by atoms with Crippen LogP contribution in [0.5, 0.6) is 0 Å². The van der Waals surface area contributed by atoms with E-state index in [1.807, 2.05) is 0 Å². The highest BCUT2D eigenvalue weighted by Gasteiger charge is 2.38. The van der Waals surface area contributed by atoms with Crippen LogP contribution in [0.1, 0.15) is 13.3 Å². The van der Waals surface area contributed by atoms with Crippen molar-refractivity contribution in [3.63, 3.8) is 0 Å². The first kappa shape index (κ1) is 10.8. The van der Waals surface area contributed by atoms with Gasteiger partial charge in [-0.3, -0.25) is 0 Å². The molecule has 4 nitrogen and oxygen atoms in total. The van der Waals surface area contributed by atoms with Crippen LogP contribution in [0.25, 0.3) is 0 Å². The van der Waals surface area contributed by atoms with Crippen molar-refractivity contribution in [1.82, 2.24) is 0 Å². The number of carbonyl (C=O) groups is 2. The minimum absolute atomic E-state index is 0.0161. The van der Waals surface area contributed by atoms with Crippen molar-refractivity contribution < 1.29 is 19.8 Å². The highest BCUT2D eigenvalue weighted by molar-refractivity contribution is 6.36. The van der Waals surface area contributed by atoms with Gasteiger partial charge >= 0.3 is 11.9 Å². The van der Waals surface area contributed by atoms with Gasteiger partial charge < -0.3 is 10.2 Å². The molecule has 1 atom stereocenters. The van der Waals surface area contributed by atoms with E-state index in [1.54, 1.807) is 6.92 Å². The second-order valence-corrected chi connectivity index (χ2v) is 3.88. The highest BCUT2D eigenvalue weighted by Crippen LogP contribution is 2.32. The Morgan fingerprint density at radius 2 is 2.07 bits per heavy atom. The molecule has 1 rings (SSSR count). The third kappa shape index (κ3) is 1.96. The molecule has 0 spiro atoms. The Hall–Kier alpha value is -1.29. The van der Waals surface area contributed by atoms with Crippen molar-refractivity contribution in [3.05, 3.63) is 23.3 Å². The SMILES string of the molecule is CC1=CC(Cl)(C(=O)O)CC(C(=O)O)=C1. The molecule has 2 N–H and O–H groups in total. The fourth-order valence-corrected chi connectivity index (χ4v) is 1.65. The van der Waals surface area contributed by atoms with Gasteiger partial charge in [-0.2, -0.15) is 0 Å². The highest BCUT2D eigenvalue weighted by atomic mass is 35.5. The summed E-state index contributed by atoms with van der Waals surface area (Å²) in [5.74, 6) is -2.37. The van der Waals surface area contributed by atoms with Crippen molar-refractivity contribution in [3.8, 4) is 0 Å². The molecule has 0 aliphatic heterocycles. The molecule has 5 heteroatoms. The standard InChI is InChI=1S/C9H9ClO4/c1-5-2-6(7(11)12)4-9(10,3-5)8(13)14/h2-3H,4H2,1H3,(H,11,12)(H,13,14). The monoisotopic (exact) mass is 216 g/mol. The van der Waals surface area contributed by atoms with E-state index >= 15 is 0 Å². The molecule has 0 bridgehead atoms. The predicted molar refractivity (Wildman–Crippen MR) is 50.3 cm³/mol. The van der Waals surface area contributed by atoms with Crippen molar-refractivity contribution >= 4 is 23.5 Å². The van der Waals surface area contributed by atoms with Gasteiger partial charge in [-0.05, 0) is 19.1 Å². The van der Waals surface area contributed by atoms with E-state index < -0.39 is 16.8 Å². The molecule has 14 heavy (non-hydrogen) atoms. The summed E-state index contributed by atoms with van der Waals surface area (Å²) in [7, 11) is 0. The maximum absolute atomic E-state index is 10.8. The van der Waals surface area contributed by atoms with Gasteiger partial charge in [0, 0.05) is 12.0 Å². The molecule has 0 saturated heterocycles. The third-order valence-electron chi connectivity index (χ3n) is 1.94. The molecule has 1 aliphatic carbocycles. The Kier molecular flexibility index (Phi) is 2.66. The van der Waals surface area contributed by atoms with Gasteiger partial charge in [0.25, 0.3) is 0 Å². The fourth-order valence-electron chi connectivity index (χ4n) is 1.33. The van der Waals surface area contributed by atoms with E-state index in [-0.39, 0.29) is 12.0 Å². The quantitative estimate of drug-likeness (QED) is 0.685. The zero-order valence-corrected chi connectivity index (χ0v) is 8.21. The van der Waals surface area contributed by atoms with E-state index in [0.29, 0.717) is 5.57 Å². The number of carboxylic acids is 2. The van der Waals surface area contributed by atoms with Crippen LogP contribution in [0, 0.1) is 0 Å². The van der Waals surface area contributed by atoms with Crippen LogP contribution >= 0.6 is 11.6 Å². The maximum Gasteiger partial charge on any atom is 0.331 e. The van der Waals surface area contributed by atoms with Crippen molar-refractivity contribution in [2.45, 2.75) is 18.2 Å². The molecule has 0 aromatic heterocycles. The zero-order valence-electron chi connectivity index (χ0n) is 7.45. The molecule has 0 aromatic rings. The topological polar surface area (TPSA) is 74.6 Å². The number of hydrogen-bond donors (Lipinski definition) is 2. The van der Waals surface area contributed by atoms with Gasteiger partial charge in [-0.1, -0.05) is 5.57 Å². The first-order valence-electron chi connectivity index (χ1n) is 3.91. The molecule has 1 aliphatic rings. The van der Waals surface area contributed by atoms with Crippen LogP contribution < -0.4 is 0 Å². The molecule has 0 amide bonds. The Morgan fingerprint density at radius 1 is 1.50 bits per heavy atom. The number of aliphatic carboxylic acids is 2. The summed E-state index contributed by atoms with van der Waals surface area (Å²) < 4.78 is 0. The first-order valence-corrected chi connectivity index (χ1v) is 4.28. The summed E-state index contributed by atoms with van der Waals surface area (Å²) in [4.78, 5) is 19.8. The number of halogens is 1. The smallest absolute Gasteiger partial charge is 0.331 e. The van der Waals surface area contributed by atoms with Crippen LogP contribution in [0.15, 0.2) is 23.3 Å². The van der Waals surface area contributed by atoms with E-state index in [4.69, 9.17) is 21.8 Å². The lowest BCUT2D eigenvalue weighted by molar-refractivity contribution is -0.139. The summed E-state index contributed by atoms with van der Waals surface area (Å²) in [6, 6.07) is 0. The second-order valence-electron chi connectivity index (χ2n) is 3.21. The van der Waals surface area contributed by atoms with Gasteiger partial charge in [-0.15, -0.1) is 11.6 Å². The van der Waals surface area contributed by atoms with Crippen molar-refractivity contribution in [2.75, 3.05) is 0 Å². The van der Waals surface area contributed by atoms with Crippen LogP contribution in [0.4, 0.5) is 0 Å². The largest absolute Gasteiger partial charge is 0.480 e. The second kappa shape index (κ2) is 3.46. The summed E-state index contributed by atoms with van der Waals surface area (Å²) in [5.41, 5.74) is 0.563. The van der Waals surface area contributed by atoms with Gasteiger partial charge in [0.15, 0.2) is 4.87 Å². The minimum Gasteiger partial charge on any atom is -0.480 e. The molecule has 0 radical (unpaired) electrons. The third-order valence-corrected chi connectivity index (χ3v) is 2.34. The Bertz CT molecular complexity index is 356. The van der Waals surface area contributed by atoms with Crippen LogP contribution in [-0.4, -0.2) is 27.0 Å². The van der Waals surface area contributed by atoms with Crippen LogP contribution in [0.2, 0.25) is 0 Å². The van der Waals surface area contributed by atoms with Crippen LogP contribution in [0.3, 0.4) is 0 Å². The van der Waals surface area contributed by atoms with Crippen molar-refractivity contribution in [1.29, 1.82) is 0 Å². The number of rotatable bonds is 2. The molecule has 0 aromatic carbocycles. The zero-order chi connectivity index (χ0) is 10.9.